The third-order valence-electron chi connectivity index (χ3n) is 6.20. The van der Waals surface area contributed by atoms with Crippen LogP contribution >= 0.6 is 0 Å². The molecular formula is C26H30N4O2. The van der Waals surface area contributed by atoms with Gasteiger partial charge in [-0.25, -0.2) is 4.68 Å². The Morgan fingerprint density at radius 2 is 1.53 bits per heavy atom. The molecule has 6 nitrogen and oxygen atoms in total. The molecule has 0 unspecified atom stereocenters. The summed E-state index contributed by atoms with van der Waals surface area (Å²) in [7, 11) is 0. The first kappa shape index (κ1) is 21.8. The highest BCUT2D eigenvalue weighted by molar-refractivity contribution is 5.95. The number of hydrogen-bond donors (Lipinski definition) is 0. The zero-order valence-corrected chi connectivity index (χ0v) is 18.8. The van der Waals surface area contributed by atoms with Crippen molar-refractivity contribution in [3.63, 3.8) is 0 Å². The Hall–Kier alpha value is -3.41. The van der Waals surface area contributed by atoms with Gasteiger partial charge in [-0.2, -0.15) is 5.10 Å². The van der Waals surface area contributed by atoms with Crippen molar-refractivity contribution in [2.75, 3.05) is 26.2 Å². The highest BCUT2D eigenvalue weighted by Gasteiger charge is 2.27. The number of carbonyl (C=O) groups excluding carboxylic acids is 2. The van der Waals surface area contributed by atoms with Crippen LogP contribution in [0.15, 0.2) is 60.8 Å². The maximum absolute atomic E-state index is 13.1. The lowest BCUT2D eigenvalue weighted by molar-refractivity contribution is -0.132. The van der Waals surface area contributed by atoms with Crippen molar-refractivity contribution in [2.24, 2.45) is 0 Å². The van der Waals surface area contributed by atoms with Crippen LogP contribution in [0, 0.1) is 13.8 Å². The van der Waals surface area contributed by atoms with E-state index in [4.69, 9.17) is 0 Å². The van der Waals surface area contributed by atoms with Crippen LogP contribution in [0.3, 0.4) is 0 Å². The largest absolute Gasteiger partial charge is 0.339 e. The molecule has 4 rings (SSSR count). The summed E-state index contributed by atoms with van der Waals surface area (Å²) in [6.07, 6.45) is 3.96. The molecule has 1 saturated heterocycles. The molecule has 0 spiro atoms. The van der Waals surface area contributed by atoms with Crippen molar-refractivity contribution in [3.05, 3.63) is 83.2 Å². The minimum atomic E-state index is -0.0153. The molecule has 1 aliphatic heterocycles. The summed E-state index contributed by atoms with van der Waals surface area (Å²) in [5, 5.41) is 4.47. The zero-order chi connectivity index (χ0) is 22.5. The highest BCUT2D eigenvalue weighted by atomic mass is 16.2. The smallest absolute Gasteiger partial charge is 0.257 e. The lowest BCUT2D eigenvalue weighted by Crippen LogP contribution is -2.50. The van der Waals surface area contributed by atoms with Crippen molar-refractivity contribution >= 4 is 11.8 Å². The summed E-state index contributed by atoms with van der Waals surface area (Å²) in [4.78, 5) is 29.4. The Morgan fingerprint density at radius 1 is 0.875 bits per heavy atom. The Bertz CT molecular complexity index is 1080. The minimum Gasteiger partial charge on any atom is -0.339 e. The van der Waals surface area contributed by atoms with E-state index in [0.717, 1.165) is 29.8 Å². The van der Waals surface area contributed by atoms with E-state index in [2.05, 4.69) is 17.2 Å². The van der Waals surface area contributed by atoms with E-state index in [-0.39, 0.29) is 11.8 Å². The molecule has 2 aromatic carbocycles. The molecule has 2 heterocycles. The molecule has 0 atom stereocenters. The molecule has 166 valence electrons. The molecule has 1 aliphatic rings. The summed E-state index contributed by atoms with van der Waals surface area (Å²) < 4.78 is 1.83. The Labute approximate surface area is 189 Å². The van der Waals surface area contributed by atoms with Gasteiger partial charge in [-0.1, -0.05) is 48.5 Å². The first-order valence-corrected chi connectivity index (χ1v) is 11.3. The molecule has 0 aliphatic carbocycles. The van der Waals surface area contributed by atoms with Crippen molar-refractivity contribution in [1.29, 1.82) is 0 Å². The fraction of sp³-hybridized carbons (Fsp3) is 0.346. The highest BCUT2D eigenvalue weighted by Crippen LogP contribution is 2.19. The van der Waals surface area contributed by atoms with Gasteiger partial charge in [-0.15, -0.1) is 0 Å². The number of nitrogens with zero attached hydrogens (tertiary/aromatic N) is 4. The van der Waals surface area contributed by atoms with Crippen LogP contribution in [0.5, 0.6) is 0 Å². The van der Waals surface area contributed by atoms with Crippen molar-refractivity contribution in [1.82, 2.24) is 19.6 Å². The Balaban J connectivity index is 1.31. The predicted molar refractivity (Wildman–Crippen MR) is 125 cm³/mol. The number of amides is 2. The predicted octanol–water partition coefficient (Wildman–Crippen LogP) is 3.80. The van der Waals surface area contributed by atoms with Gasteiger partial charge in [-0.05, 0) is 43.9 Å². The Morgan fingerprint density at radius 3 is 2.25 bits per heavy atom. The molecule has 0 bridgehead atoms. The third-order valence-corrected chi connectivity index (χ3v) is 6.20. The van der Waals surface area contributed by atoms with Crippen LogP contribution in [0.2, 0.25) is 0 Å². The van der Waals surface area contributed by atoms with Crippen molar-refractivity contribution in [3.8, 4) is 5.69 Å². The van der Waals surface area contributed by atoms with E-state index in [1.165, 1.54) is 5.56 Å². The van der Waals surface area contributed by atoms with E-state index in [0.29, 0.717) is 38.2 Å². The molecule has 1 fully saturated rings. The van der Waals surface area contributed by atoms with E-state index in [1.54, 1.807) is 6.20 Å². The van der Waals surface area contributed by atoms with E-state index in [1.807, 2.05) is 70.8 Å². The number of carbonyl (C=O) groups is 2. The van der Waals surface area contributed by atoms with Gasteiger partial charge in [-0.3, -0.25) is 9.59 Å². The molecule has 6 heteroatoms. The van der Waals surface area contributed by atoms with Crippen LogP contribution < -0.4 is 0 Å². The minimum absolute atomic E-state index is 0.0153. The summed E-state index contributed by atoms with van der Waals surface area (Å²) in [5.41, 5.74) is 4.81. The normalized spacial score (nSPS) is 13.9. The number of aryl methyl sites for hydroxylation is 2. The van der Waals surface area contributed by atoms with Crippen LogP contribution in [0.25, 0.3) is 5.69 Å². The van der Waals surface area contributed by atoms with Gasteiger partial charge in [0.05, 0.1) is 23.1 Å². The summed E-state index contributed by atoms with van der Waals surface area (Å²) >= 11 is 0. The second-order valence-corrected chi connectivity index (χ2v) is 8.35. The maximum Gasteiger partial charge on any atom is 0.257 e. The SMILES string of the molecule is Cc1ccccc1-n1ncc(C(=O)N2CCN(C(=O)CCCc3ccccc3)CC2)c1C. The number of hydrogen-bond acceptors (Lipinski definition) is 3. The summed E-state index contributed by atoms with van der Waals surface area (Å²) in [6.45, 7) is 6.24. The topological polar surface area (TPSA) is 58.4 Å². The standard InChI is InChI=1S/C26H30N4O2/c1-20-9-6-7-13-24(20)30-21(2)23(19-27-30)26(32)29-17-15-28(16-18-29)25(31)14-8-12-22-10-4-3-5-11-22/h3-7,9-11,13,19H,8,12,14-18H2,1-2H3. The molecule has 0 saturated carbocycles. The van der Waals surface area contributed by atoms with Crippen molar-refractivity contribution in [2.45, 2.75) is 33.1 Å². The van der Waals surface area contributed by atoms with Crippen LogP contribution in [-0.2, 0) is 11.2 Å². The van der Waals surface area contributed by atoms with E-state index < -0.39 is 0 Å². The van der Waals surface area contributed by atoms with Gasteiger partial charge < -0.3 is 9.80 Å². The van der Waals surface area contributed by atoms with Gasteiger partial charge >= 0.3 is 0 Å². The first-order valence-electron chi connectivity index (χ1n) is 11.3. The van der Waals surface area contributed by atoms with Crippen LogP contribution in [0.4, 0.5) is 0 Å². The fourth-order valence-corrected chi connectivity index (χ4v) is 4.24. The second kappa shape index (κ2) is 9.81. The lowest BCUT2D eigenvalue weighted by Gasteiger charge is -2.34. The van der Waals surface area contributed by atoms with Crippen molar-refractivity contribution < 1.29 is 9.59 Å². The van der Waals surface area contributed by atoms with Crippen LogP contribution in [-0.4, -0.2) is 57.6 Å². The summed E-state index contributed by atoms with van der Waals surface area (Å²) in [5.74, 6) is 0.162. The van der Waals surface area contributed by atoms with Gasteiger partial charge in [0.2, 0.25) is 5.91 Å². The fourth-order valence-electron chi connectivity index (χ4n) is 4.24. The second-order valence-electron chi connectivity index (χ2n) is 8.35. The number of benzene rings is 2. The van der Waals surface area contributed by atoms with Gasteiger partial charge in [0, 0.05) is 32.6 Å². The van der Waals surface area contributed by atoms with E-state index in [9.17, 15) is 9.59 Å². The number of piperazine rings is 1. The molecule has 1 aromatic heterocycles. The van der Waals surface area contributed by atoms with Crippen LogP contribution in [0.1, 0.15) is 40.0 Å². The molecular weight excluding hydrogens is 400 g/mol. The molecule has 3 aromatic rings. The Kier molecular flexibility index (Phi) is 6.69. The van der Waals surface area contributed by atoms with Gasteiger partial charge in [0.25, 0.3) is 5.91 Å². The zero-order valence-electron chi connectivity index (χ0n) is 18.8. The number of para-hydroxylation sites is 1. The molecule has 0 radical (unpaired) electrons. The molecule has 32 heavy (non-hydrogen) atoms. The first-order chi connectivity index (χ1) is 15.5. The number of rotatable bonds is 6. The van der Waals surface area contributed by atoms with E-state index >= 15 is 0 Å². The lowest BCUT2D eigenvalue weighted by atomic mass is 10.1. The summed E-state index contributed by atoms with van der Waals surface area (Å²) in [6, 6.07) is 18.3. The molecule has 2 amide bonds. The average Bonchev–Trinajstić information content (AvgIpc) is 3.20. The maximum atomic E-state index is 13.1. The molecule has 0 N–H and O–H groups in total. The average molecular weight is 431 g/mol. The third kappa shape index (κ3) is 4.74. The quantitative estimate of drug-likeness (QED) is 0.598. The monoisotopic (exact) mass is 430 g/mol. The van der Waals surface area contributed by atoms with Gasteiger partial charge in [0.15, 0.2) is 0 Å². The number of aromatic nitrogens is 2. The van der Waals surface area contributed by atoms with Gasteiger partial charge in [0.1, 0.15) is 0 Å².